The lowest BCUT2D eigenvalue weighted by Crippen LogP contribution is -2.21. The molecule has 1 atom stereocenters. The van der Waals surface area contributed by atoms with Gasteiger partial charge in [0.15, 0.2) is 5.78 Å². The Morgan fingerprint density at radius 1 is 1.31 bits per heavy atom. The topological polar surface area (TPSA) is 73.5 Å². The fraction of sp³-hybridized carbons (Fsp3) is 0.500. The first-order valence-corrected chi connectivity index (χ1v) is 8.91. The fourth-order valence-corrected chi connectivity index (χ4v) is 2.14. The molecule has 4 nitrogen and oxygen atoms in total. The van der Waals surface area contributed by atoms with Crippen molar-refractivity contribution in [2.75, 3.05) is 6.61 Å². The second-order valence-electron chi connectivity index (χ2n) is 6.93. The summed E-state index contributed by atoms with van der Waals surface area (Å²) in [7, 11) is 0. The molecule has 1 rings (SSSR count). The number of hydrogen-bond acceptors (Lipinski definition) is 4. The molecule has 0 amide bonds. The maximum absolute atomic E-state index is 11.3. The van der Waals surface area contributed by atoms with Gasteiger partial charge in [0.2, 0.25) is 0 Å². The van der Waals surface area contributed by atoms with Gasteiger partial charge in [-0.15, -0.1) is 0 Å². The first kappa shape index (κ1) is 23.8. The predicted octanol–water partition coefficient (Wildman–Crippen LogP) is 4.91. The Morgan fingerprint density at radius 3 is 2.31 bits per heavy atom. The van der Waals surface area contributed by atoms with Crippen LogP contribution in [0, 0.1) is 30.6 Å². The Morgan fingerprint density at radius 2 is 1.92 bits per heavy atom. The zero-order valence-electron chi connectivity index (χ0n) is 17.2. The van der Waals surface area contributed by atoms with E-state index in [1.54, 1.807) is 20.1 Å². The normalized spacial score (nSPS) is 14.0. The lowest BCUT2D eigenvalue weighted by Gasteiger charge is -2.26. The number of aryl methyl sites for hydroxylation is 2. The number of hydrogen-bond donors (Lipinski definition) is 1. The van der Waals surface area contributed by atoms with Gasteiger partial charge in [-0.1, -0.05) is 19.9 Å². The molecule has 142 valence electrons. The molecule has 0 aliphatic carbocycles. The molecule has 1 unspecified atom stereocenters. The number of nitrogens with zero attached hydrogens (tertiary/aromatic N) is 2. The highest BCUT2D eigenvalue weighted by Crippen LogP contribution is 2.30. The van der Waals surface area contributed by atoms with Crippen molar-refractivity contribution in [3.63, 3.8) is 0 Å². The number of carbonyl (C=O) groups is 1. The van der Waals surface area contributed by atoms with Crippen molar-refractivity contribution < 1.29 is 9.90 Å². The summed E-state index contributed by atoms with van der Waals surface area (Å²) < 4.78 is 0. The quantitative estimate of drug-likeness (QED) is 0.581. The number of ketones is 1. The summed E-state index contributed by atoms with van der Waals surface area (Å²) in [5, 5.41) is 17.9. The molecule has 0 spiro atoms. The third-order valence-corrected chi connectivity index (χ3v) is 4.71. The van der Waals surface area contributed by atoms with E-state index in [4.69, 9.17) is 5.26 Å². The van der Waals surface area contributed by atoms with E-state index in [1.807, 2.05) is 52.8 Å². The summed E-state index contributed by atoms with van der Waals surface area (Å²) in [4.78, 5) is 15.6. The Kier molecular flexibility index (Phi) is 10.4. The average molecular weight is 357 g/mol. The highest BCUT2D eigenvalue weighted by Gasteiger charge is 2.24. The van der Waals surface area contributed by atoms with Crippen molar-refractivity contribution in [3.05, 3.63) is 46.2 Å². The molecule has 1 N–H and O–H groups in total. The van der Waals surface area contributed by atoms with Crippen LogP contribution in [0.3, 0.4) is 0 Å². The molecule has 0 aromatic heterocycles. The van der Waals surface area contributed by atoms with Crippen molar-refractivity contribution >= 4 is 12.0 Å². The third kappa shape index (κ3) is 7.76. The maximum Gasteiger partial charge on any atom is 0.157 e. The smallest absolute Gasteiger partial charge is 0.157 e. The van der Waals surface area contributed by atoms with E-state index >= 15 is 0 Å². The third-order valence-electron chi connectivity index (χ3n) is 4.71. The molecule has 0 bridgehead atoms. The molecule has 0 aliphatic rings. The lowest BCUT2D eigenvalue weighted by molar-refractivity contribution is -0.113. The van der Waals surface area contributed by atoms with Gasteiger partial charge in [-0.25, -0.2) is 0 Å². The van der Waals surface area contributed by atoms with Gasteiger partial charge in [0.1, 0.15) is 0 Å². The van der Waals surface area contributed by atoms with Gasteiger partial charge in [-0.2, -0.15) is 5.26 Å². The van der Waals surface area contributed by atoms with Crippen molar-refractivity contribution in [3.8, 4) is 6.07 Å². The zero-order valence-corrected chi connectivity index (χ0v) is 17.2. The van der Waals surface area contributed by atoms with Crippen LogP contribution in [-0.4, -0.2) is 23.7 Å². The van der Waals surface area contributed by atoms with Gasteiger partial charge >= 0.3 is 0 Å². The van der Waals surface area contributed by atoms with E-state index in [0.29, 0.717) is 12.0 Å². The lowest BCUT2D eigenvalue weighted by atomic mass is 9.82. The number of aliphatic imine (C=N–C) groups is 1. The van der Waals surface area contributed by atoms with Crippen LogP contribution in [0.1, 0.15) is 64.2 Å². The van der Waals surface area contributed by atoms with E-state index in [2.05, 4.69) is 11.1 Å². The Labute approximate surface area is 158 Å². The molecule has 0 saturated heterocycles. The molecular formula is C22H32N2O2. The van der Waals surface area contributed by atoms with Crippen LogP contribution in [0.5, 0.6) is 0 Å². The molecule has 0 fully saturated rings. The number of benzene rings is 1. The highest BCUT2D eigenvalue weighted by atomic mass is 16.3. The summed E-state index contributed by atoms with van der Waals surface area (Å²) in [6, 6.07) is 7.79. The van der Waals surface area contributed by atoms with E-state index in [9.17, 15) is 9.90 Å². The molecule has 4 heteroatoms. The minimum Gasteiger partial charge on any atom is -0.396 e. The van der Waals surface area contributed by atoms with Crippen molar-refractivity contribution in [1.82, 2.24) is 0 Å². The van der Waals surface area contributed by atoms with Gasteiger partial charge in [-0.3, -0.25) is 9.79 Å². The Balaban J connectivity index is 0.000000531. The standard InChI is InChI=1S/C13H23NO2.C9H9N/c1-6-13(5,9-15)8-12(14-7-2)10(3)11(4)16;1-7-3-4-9(6-10)5-8(7)2/h7,15H,6,8-9H2,1-5H3;3-5H,1-2H3/b12-10+,14-7?;. The van der Waals surface area contributed by atoms with Crippen LogP contribution < -0.4 is 0 Å². The number of aliphatic hydroxyl groups excluding tert-OH is 1. The number of Topliss-reactive ketones (excluding diaryl/α,β-unsaturated/α-hetero) is 1. The molecule has 0 saturated carbocycles. The average Bonchev–Trinajstić information content (AvgIpc) is 2.63. The number of aliphatic hydroxyl groups is 1. The van der Waals surface area contributed by atoms with Gasteiger partial charge in [-0.05, 0) is 76.1 Å². The summed E-state index contributed by atoms with van der Waals surface area (Å²) in [5.74, 6) is 0.0389. The Bertz CT molecular complexity index is 705. The van der Waals surface area contributed by atoms with E-state index in [1.165, 1.54) is 11.1 Å². The summed E-state index contributed by atoms with van der Waals surface area (Å²) >= 11 is 0. The van der Waals surface area contributed by atoms with Crippen LogP contribution in [-0.2, 0) is 4.79 Å². The minimum absolute atomic E-state index is 0.0389. The monoisotopic (exact) mass is 356 g/mol. The molecule has 0 heterocycles. The largest absolute Gasteiger partial charge is 0.396 e. The summed E-state index contributed by atoms with van der Waals surface area (Å²) in [6.45, 7) is 13.4. The molecule has 0 aliphatic heterocycles. The summed E-state index contributed by atoms with van der Waals surface area (Å²) in [5.41, 5.74) is 4.43. The first-order chi connectivity index (χ1) is 12.1. The second kappa shape index (κ2) is 11.4. The number of carbonyl (C=O) groups excluding carboxylic acids is 1. The van der Waals surface area contributed by atoms with Crippen LogP contribution >= 0.6 is 0 Å². The number of nitriles is 1. The van der Waals surface area contributed by atoms with Crippen molar-refractivity contribution in [2.45, 2.75) is 61.3 Å². The van der Waals surface area contributed by atoms with Crippen LogP contribution in [0.15, 0.2) is 34.5 Å². The molecule has 26 heavy (non-hydrogen) atoms. The Hall–Kier alpha value is -2.25. The fourth-order valence-electron chi connectivity index (χ4n) is 2.14. The molecule has 1 aromatic carbocycles. The van der Waals surface area contributed by atoms with Crippen molar-refractivity contribution in [2.24, 2.45) is 10.4 Å². The van der Waals surface area contributed by atoms with Gasteiger partial charge in [0.25, 0.3) is 0 Å². The molecule has 1 aromatic rings. The van der Waals surface area contributed by atoms with Gasteiger partial charge in [0, 0.05) is 24.1 Å². The van der Waals surface area contributed by atoms with E-state index in [-0.39, 0.29) is 17.8 Å². The van der Waals surface area contributed by atoms with Gasteiger partial charge in [0.05, 0.1) is 11.6 Å². The highest BCUT2D eigenvalue weighted by molar-refractivity contribution is 5.93. The van der Waals surface area contributed by atoms with Crippen molar-refractivity contribution in [1.29, 1.82) is 5.26 Å². The van der Waals surface area contributed by atoms with Crippen LogP contribution in [0.2, 0.25) is 0 Å². The SMILES string of the molecule is CC=N/C(CC(C)(CC)CO)=C(\C)C(C)=O.Cc1ccc(C#N)cc1C. The molecule has 0 radical (unpaired) electrons. The van der Waals surface area contributed by atoms with Crippen LogP contribution in [0.4, 0.5) is 0 Å². The number of allylic oxidation sites excluding steroid dienone is 2. The maximum atomic E-state index is 11.3. The second-order valence-corrected chi connectivity index (χ2v) is 6.93. The first-order valence-electron chi connectivity index (χ1n) is 8.91. The molecular weight excluding hydrogens is 324 g/mol. The minimum atomic E-state index is -0.196. The van der Waals surface area contributed by atoms with E-state index < -0.39 is 0 Å². The zero-order chi connectivity index (χ0) is 20.3. The van der Waals surface area contributed by atoms with Gasteiger partial charge < -0.3 is 5.11 Å². The predicted molar refractivity (Wildman–Crippen MR) is 108 cm³/mol. The van der Waals surface area contributed by atoms with E-state index in [0.717, 1.165) is 17.7 Å². The number of rotatable bonds is 6. The van der Waals surface area contributed by atoms with Crippen LogP contribution in [0.25, 0.3) is 0 Å². The summed E-state index contributed by atoms with van der Waals surface area (Å²) in [6.07, 6.45) is 3.18.